The Morgan fingerprint density at radius 1 is 0.650 bits per heavy atom. The average Bonchev–Trinajstić information content (AvgIpc) is 3.47. The molecular formula is C38H33NO. The highest BCUT2D eigenvalue weighted by molar-refractivity contribution is 6.10. The standard InChI is InChI=1S/C38H33NO/c1-24-21-25-11-4-5-12-26(25)22-35(24)39(34-17-10-15-31-30-14-7-9-18-36(30)40-37(31)34)27-19-20-29-28-13-6-8-16-32(28)38(2,3)33(29)23-27/h6-10,13-23H,4-5,11-12H2,1-3H3. The van der Waals surface area contributed by atoms with E-state index < -0.39 is 0 Å². The molecule has 2 nitrogen and oxygen atoms in total. The predicted molar refractivity (Wildman–Crippen MR) is 167 cm³/mol. The summed E-state index contributed by atoms with van der Waals surface area (Å²) in [6.07, 6.45) is 4.88. The Labute approximate surface area is 235 Å². The first kappa shape index (κ1) is 23.6. The summed E-state index contributed by atoms with van der Waals surface area (Å²) in [6, 6.07) is 35.8. The summed E-state index contributed by atoms with van der Waals surface area (Å²) in [4.78, 5) is 2.45. The van der Waals surface area contributed by atoms with Crippen LogP contribution in [0.5, 0.6) is 0 Å². The smallest absolute Gasteiger partial charge is 0.159 e. The predicted octanol–water partition coefficient (Wildman–Crippen LogP) is 10.5. The molecule has 0 bridgehead atoms. The minimum absolute atomic E-state index is 0.0656. The van der Waals surface area contributed by atoms with Crippen molar-refractivity contribution in [3.05, 3.63) is 125 Å². The fourth-order valence-electron chi connectivity index (χ4n) is 7.28. The zero-order valence-electron chi connectivity index (χ0n) is 23.4. The van der Waals surface area contributed by atoms with Crippen molar-refractivity contribution in [1.29, 1.82) is 0 Å². The Morgan fingerprint density at radius 3 is 2.25 bits per heavy atom. The number of anilines is 3. The summed E-state index contributed by atoms with van der Waals surface area (Å²) < 4.78 is 6.60. The van der Waals surface area contributed by atoms with Crippen LogP contribution in [0.3, 0.4) is 0 Å². The Kier molecular flexibility index (Phi) is 5.07. The minimum atomic E-state index is -0.0656. The third-order valence-electron chi connectivity index (χ3n) is 9.35. The molecule has 0 unspecified atom stereocenters. The number of furan rings is 1. The van der Waals surface area contributed by atoms with Crippen LogP contribution in [0.15, 0.2) is 101 Å². The number of aryl methyl sites for hydroxylation is 3. The van der Waals surface area contributed by atoms with Gasteiger partial charge in [0.05, 0.1) is 5.69 Å². The zero-order chi connectivity index (χ0) is 27.0. The second-order valence-electron chi connectivity index (χ2n) is 12.1. The Morgan fingerprint density at radius 2 is 1.38 bits per heavy atom. The summed E-state index contributed by atoms with van der Waals surface area (Å²) >= 11 is 0. The van der Waals surface area contributed by atoms with E-state index in [1.807, 2.05) is 0 Å². The molecule has 0 amide bonds. The molecule has 0 N–H and O–H groups in total. The van der Waals surface area contributed by atoms with Gasteiger partial charge in [-0.05, 0) is 102 Å². The van der Waals surface area contributed by atoms with E-state index in [1.165, 1.54) is 69.6 Å². The molecule has 2 aliphatic carbocycles. The van der Waals surface area contributed by atoms with E-state index >= 15 is 0 Å². The van der Waals surface area contributed by atoms with Crippen LogP contribution in [0.2, 0.25) is 0 Å². The molecule has 196 valence electrons. The van der Waals surface area contributed by atoms with Gasteiger partial charge in [-0.25, -0.2) is 0 Å². The lowest BCUT2D eigenvalue weighted by atomic mass is 9.82. The molecule has 1 aromatic heterocycles. The van der Waals surface area contributed by atoms with Gasteiger partial charge in [0.2, 0.25) is 0 Å². The van der Waals surface area contributed by atoms with Gasteiger partial charge in [0, 0.05) is 27.6 Å². The fourth-order valence-corrected chi connectivity index (χ4v) is 7.28. The number of benzene rings is 5. The van der Waals surface area contributed by atoms with Gasteiger partial charge in [0.15, 0.2) is 5.58 Å². The van der Waals surface area contributed by atoms with Crippen LogP contribution in [-0.4, -0.2) is 0 Å². The van der Waals surface area contributed by atoms with Crippen molar-refractivity contribution in [2.24, 2.45) is 0 Å². The number of rotatable bonds is 3. The summed E-state index contributed by atoms with van der Waals surface area (Å²) in [5, 5.41) is 2.31. The molecule has 8 rings (SSSR count). The molecule has 40 heavy (non-hydrogen) atoms. The summed E-state index contributed by atoms with van der Waals surface area (Å²) in [7, 11) is 0. The number of nitrogens with zero attached hydrogens (tertiary/aromatic N) is 1. The molecule has 0 saturated heterocycles. The quantitative estimate of drug-likeness (QED) is 0.231. The van der Waals surface area contributed by atoms with Crippen LogP contribution in [0.25, 0.3) is 33.1 Å². The lowest BCUT2D eigenvalue weighted by molar-refractivity contribution is 0.660. The molecule has 2 aliphatic rings. The van der Waals surface area contributed by atoms with E-state index in [2.05, 4.69) is 123 Å². The molecule has 5 aromatic carbocycles. The van der Waals surface area contributed by atoms with Crippen LogP contribution in [-0.2, 0) is 18.3 Å². The second-order valence-corrected chi connectivity index (χ2v) is 12.1. The molecule has 0 aliphatic heterocycles. The number of hydrogen-bond acceptors (Lipinski definition) is 2. The van der Waals surface area contributed by atoms with Crippen molar-refractivity contribution in [3.63, 3.8) is 0 Å². The molecule has 1 heterocycles. The molecule has 0 saturated carbocycles. The van der Waals surface area contributed by atoms with Gasteiger partial charge in [-0.3, -0.25) is 0 Å². The first-order valence-corrected chi connectivity index (χ1v) is 14.6. The van der Waals surface area contributed by atoms with Crippen molar-refractivity contribution in [2.75, 3.05) is 4.90 Å². The van der Waals surface area contributed by atoms with E-state index in [0.29, 0.717) is 0 Å². The summed E-state index contributed by atoms with van der Waals surface area (Å²) in [5.41, 5.74) is 15.1. The average molecular weight is 520 g/mol. The molecule has 2 heteroatoms. The number of hydrogen-bond donors (Lipinski definition) is 0. The van der Waals surface area contributed by atoms with Crippen molar-refractivity contribution in [1.82, 2.24) is 0 Å². The summed E-state index contributed by atoms with van der Waals surface area (Å²) in [5.74, 6) is 0. The largest absolute Gasteiger partial charge is 0.454 e. The highest BCUT2D eigenvalue weighted by Crippen LogP contribution is 2.51. The van der Waals surface area contributed by atoms with Gasteiger partial charge in [0.25, 0.3) is 0 Å². The first-order chi connectivity index (χ1) is 19.5. The van der Waals surface area contributed by atoms with Crippen LogP contribution >= 0.6 is 0 Å². The van der Waals surface area contributed by atoms with E-state index in [1.54, 1.807) is 0 Å². The Balaban J connectivity index is 1.40. The highest BCUT2D eigenvalue weighted by atomic mass is 16.3. The molecule has 0 fully saturated rings. The molecule has 0 spiro atoms. The van der Waals surface area contributed by atoms with Gasteiger partial charge in [0.1, 0.15) is 5.58 Å². The van der Waals surface area contributed by atoms with Crippen LogP contribution in [0.4, 0.5) is 17.1 Å². The van der Waals surface area contributed by atoms with Gasteiger partial charge < -0.3 is 9.32 Å². The maximum atomic E-state index is 6.60. The van der Waals surface area contributed by atoms with Gasteiger partial charge in [-0.2, -0.15) is 0 Å². The number of para-hydroxylation sites is 2. The molecule has 0 atom stereocenters. The van der Waals surface area contributed by atoms with Crippen molar-refractivity contribution < 1.29 is 4.42 Å². The third kappa shape index (κ3) is 3.35. The number of fused-ring (bicyclic) bond motifs is 7. The third-order valence-corrected chi connectivity index (χ3v) is 9.35. The van der Waals surface area contributed by atoms with E-state index in [9.17, 15) is 0 Å². The highest BCUT2D eigenvalue weighted by Gasteiger charge is 2.36. The van der Waals surface area contributed by atoms with Gasteiger partial charge in [-0.15, -0.1) is 0 Å². The summed E-state index contributed by atoms with van der Waals surface area (Å²) in [6.45, 7) is 6.98. The van der Waals surface area contributed by atoms with Gasteiger partial charge in [-0.1, -0.05) is 80.6 Å². The Hall–Kier alpha value is -4.30. The van der Waals surface area contributed by atoms with Crippen molar-refractivity contribution in [3.8, 4) is 11.1 Å². The maximum Gasteiger partial charge on any atom is 0.159 e. The normalized spacial score (nSPS) is 15.2. The van der Waals surface area contributed by atoms with E-state index in [0.717, 1.165) is 34.0 Å². The van der Waals surface area contributed by atoms with E-state index in [-0.39, 0.29) is 5.41 Å². The Bertz CT molecular complexity index is 1960. The van der Waals surface area contributed by atoms with Crippen LogP contribution < -0.4 is 4.90 Å². The molecular weight excluding hydrogens is 486 g/mol. The lowest BCUT2D eigenvalue weighted by Gasteiger charge is -2.30. The minimum Gasteiger partial charge on any atom is -0.454 e. The topological polar surface area (TPSA) is 16.4 Å². The lowest BCUT2D eigenvalue weighted by Crippen LogP contribution is -2.17. The SMILES string of the molecule is Cc1cc2c(cc1N(c1ccc3c(c1)C(C)(C)c1ccccc1-3)c1cccc3c1oc1ccccc13)CCCC2. The second kappa shape index (κ2) is 8.60. The van der Waals surface area contributed by atoms with Crippen molar-refractivity contribution in [2.45, 2.75) is 51.9 Å². The zero-order valence-corrected chi connectivity index (χ0v) is 23.4. The van der Waals surface area contributed by atoms with Crippen molar-refractivity contribution >= 4 is 39.0 Å². The fraction of sp³-hybridized carbons (Fsp3) is 0.211. The first-order valence-electron chi connectivity index (χ1n) is 14.6. The maximum absolute atomic E-state index is 6.60. The van der Waals surface area contributed by atoms with E-state index in [4.69, 9.17) is 4.42 Å². The molecule has 6 aromatic rings. The monoisotopic (exact) mass is 519 g/mol. The van der Waals surface area contributed by atoms with Crippen LogP contribution in [0.1, 0.15) is 54.5 Å². The van der Waals surface area contributed by atoms with Crippen LogP contribution in [0, 0.1) is 6.92 Å². The molecule has 0 radical (unpaired) electrons. The van der Waals surface area contributed by atoms with Gasteiger partial charge >= 0.3 is 0 Å².